The van der Waals surface area contributed by atoms with Crippen LogP contribution in [0, 0.1) is 0 Å². The van der Waals surface area contributed by atoms with Crippen LogP contribution in [0.25, 0.3) is 99.5 Å². The Morgan fingerprint density at radius 2 is 0.803 bits per heavy atom. The van der Waals surface area contributed by atoms with Crippen LogP contribution in [0.2, 0.25) is 76.6 Å². The average molecular weight is 1060 g/mol. The summed E-state index contributed by atoms with van der Waals surface area (Å²) in [5.41, 5.74) is 26.4. The molecule has 5 aliphatic rings. The average Bonchev–Trinajstić information content (AvgIpc) is 4.06. The molecular weight excluding hydrogens is 981 g/mol. The molecule has 6 heterocycles. The molecule has 0 atom stereocenters. The molecule has 6 heteroatoms. The molecule has 4 aliphatic heterocycles. The Hall–Kier alpha value is -5.77. The van der Waals surface area contributed by atoms with Gasteiger partial charge in [-0.05, 0) is 146 Å². The number of nitrogens with zero attached hydrogens (tertiary/aromatic N) is 2. The van der Waals surface area contributed by atoms with Crippen LogP contribution in [0.1, 0.15) is 61.8 Å². The number of hydrogen-bond acceptors (Lipinski definition) is 0. The molecule has 0 radical (unpaired) electrons. The first kappa shape index (κ1) is 47.4. The smallest absolute Gasteiger partial charge is 0.0838 e. The van der Waals surface area contributed by atoms with E-state index in [1.54, 1.807) is 48.6 Å². The molecule has 0 amide bonds. The van der Waals surface area contributed by atoms with Crippen molar-refractivity contribution in [2.75, 3.05) is 0 Å². The predicted molar refractivity (Wildman–Crippen MR) is 341 cm³/mol. The molecule has 0 fully saturated rings. The maximum absolute atomic E-state index is 2.83. The second kappa shape index (κ2) is 16.2. The second-order valence-electron chi connectivity index (χ2n) is 27.6. The van der Waals surface area contributed by atoms with Crippen molar-refractivity contribution in [3.8, 4) is 55.9 Å². The lowest BCUT2D eigenvalue weighted by atomic mass is 9.71. The minimum Gasteiger partial charge on any atom is -0.309 e. The Morgan fingerprint density at radius 3 is 1.33 bits per heavy atom. The van der Waals surface area contributed by atoms with Gasteiger partial charge < -0.3 is 9.13 Å². The first-order valence-corrected chi connectivity index (χ1v) is 42.0. The molecule has 0 saturated carbocycles. The van der Waals surface area contributed by atoms with Crippen LogP contribution in [-0.2, 0) is 24.7 Å². The van der Waals surface area contributed by atoms with Crippen LogP contribution < -0.4 is 20.7 Å². The summed E-state index contributed by atoms with van der Waals surface area (Å²) in [5.74, 6) is 0. The molecule has 0 bridgehead atoms. The standard InChI is InChI=1S/C70H74N2Si4/c1-70(2)31-35-76(9,10)69-63(72-61-28-16-13-25-50(61)56-39-47(29-30-62(56)72)71-59-26-14-11-23-48(59)49-24-12-15-27-60(49)71)40-58-55-43-65-45(21-18-33-74(65,5)6)37-52(55)53-41-64-44(20-17-32-73(64,3)4)36-51(53)54-42-66-46(22-19-34-75(66,7)8)38-57(54)67(58)68(69)70/h11-16,23-30,36-43H,17-22,31-35H2,1-10H3. The first-order valence-electron chi connectivity index (χ1n) is 29.2. The highest BCUT2D eigenvalue weighted by Gasteiger charge is 2.46. The number of fused-ring (bicyclic) bond motifs is 19. The lowest BCUT2D eigenvalue weighted by molar-refractivity contribution is 0.500. The molecule has 0 N–H and O–H groups in total. The van der Waals surface area contributed by atoms with Crippen molar-refractivity contribution in [1.82, 2.24) is 9.13 Å². The van der Waals surface area contributed by atoms with Crippen LogP contribution in [0.15, 0.2) is 133 Å². The summed E-state index contributed by atoms with van der Waals surface area (Å²) in [6, 6.07) is 59.8. The third-order valence-corrected chi connectivity index (χ3v) is 34.5. The monoisotopic (exact) mass is 1050 g/mol. The van der Waals surface area contributed by atoms with Crippen LogP contribution in [-0.4, -0.2) is 41.4 Å². The maximum atomic E-state index is 2.83. The fourth-order valence-corrected chi connectivity index (χ4v) is 28.8. The van der Waals surface area contributed by atoms with E-state index in [0.29, 0.717) is 0 Å². The maximum Gasteiger partial charge on any atom is 0.0838 e. The summed E-state index contributed by atoms with van der Waals surface area (Å²) < 4.78 is 5.27. The number of para-hydroxylation sites is 3. The summed E-state index contributed by atoms with van der Waals surface area (Å²) in [7, 11) is -7.20. The van der Waals surface area contributed by atoms with Gasteiger partial charge in [-0.15, -0.1) is 0 Å². The third-order valence-electron chi connectivity index (χ3n) is 20.6. The van der Waals surface area contributed by atoms with Crippen molar-refractivity contribution in [1.29, 1.82) is 0 Å². The van der Waals surface area contributed by atoms with Gasteiger partial charge in [0.1, 0.15) is 0 Å². The highest BCUT2D eigenvalue weighted by Crippen LogP contribution is 2.55. The first-order chi connectivity index (χ1) is 36.4. The van der Waals surface area contributed by atoms with Gasteiger partial charge in [0.25, 0.3) is 0 Å². The number of benzene rings is 8. The van der Waals surface area contributed by atoms with Gasteiger partial charge in [-0.3, -0.25) is 0 Å². The van der Waals surface area contributed by atoms with E-state index in [9.17, 15) is 0 Å². The van der Waals surface area contributed by atoms with Crippen molar-refractivity contribution in [2.24, 2.45) is 0 Å². The van der Waals surface area contributed by atoms with E-state index in [4.69, 9.17) is 0 Å². The summed E-state index contributed by atoms with van der Waals surface area (Å²) in [6.45, 7) is 26.7. The molecule has 15 rings (SSSR count). The number of hydrogen-bond donors (Lipinski definition) is 0. The fraction of sp³-hybridized carbons (Fsp3) is 0.314. The van der Waals surface area contributed by atoms with Gasteiger partial charge in [-0.2, -0.15) is 0 Å². The van der Waals surface area contributed by atoms with Gasteiger partial charge in [-0.1, -0.05) is 216 Å². The van der Waals surface area contributed by atoms with E-state index in [2.05, 4.69) is 209 Å². The van der Waals surface area contributed by atoms with E-state index in [0.717, 1.165) is 0 Å². The quantitative estimate of drug-likeness (QED) is 0.153. The van der Waals surface area contributed by atoms with Crippen molar-refractivity contribution in [3.05, 3.63) is 156 Å². The van der Waals surface area contributed by atoms with Crippen LogP contribution >= 0.6 is 0 Å². The second-order valence-corrected chi connectivity index (χ2v) is 46.8. The van der Waals surface area contributed by atoms with Gasteiger partial charge in [0, 0.05) is 32.9 Å². The molecule has 1 aliphatic carbocycles. The molecule has 0 spiro atoms. The Morgan fingerprint density at radius 1 is 0.382 bits per heavy atom. The Labute approximate surface area is 455 Å². The van der Waals surface area contributed by atoms with Crippen molar-refractivity contribution >= 4 is 96.7 Å². The van der Waals surface area contributed by atoms with E-state index in [-0.39, 0.29) is 5.41 Å². The van der Waals surface area contributed by atoms with Crippen molar-refractivity contribution in [2.45, 2.75) is 141 Å². The Kier molecular flexibility index (Phi) is 10.1. The molecule has 380 valence electrons. The molecule has 8 aromatic carbocycles. The summed E-state index contributed by atoms with van der Waals surface area (Å²) in [6.07, 6.45) is 8.75. The normalized spacial score (nSPS) is 19.1. The lowest BCUT2D eigenvalue weighted by Gasteiger charge is -2.45. The Bertz CT molecular complexity index is 4140. The largest absolute Gasteiger partial charge is 0.309 e. The van der Waals surface area contributed by atoms with Crippen LogP contribution in [0.4, 0.5) is 0 Å². The number of rotatable bonds is 2. The lowest BCUT2D eigenvalue weighted by Crippen LogP contribution is -2.53. The van der Waals surface area contributed by atoms with Gasteiger partial charge in [0.05, 0.1) is 54.4 Å². The van der Waals surface area contributed by atoms with Crippen molar-refractivity contribution < 1.29 is 0 Å². The summed E-state index contributed by atoms with van der Waals surface area (Å²) in [4.78, 5) is 0. The highest BCUT2D eigenvalue weighted by atomic mass is 28.3. The molecule has 0 saturated heterocycles. The zero-order chi connectivity index (χ0) is 52.0. The van der Waals surface area contributed by atoms with Crippen LogP contribution in [0.3, 0.4) is 0 Å². The highest BCUT2D eigenvalue weighted by molar-refractivity contribution is 6.92. The SMILES string of the molecule is CC1(C)CC[Si](C)(C)c2c(-n3c4ccccc4c4cc(-n5c6ccccc6c6ccccc65)ccc43)cc3c(c21)-c1cc2c(cc1-c1cc4c(cc1-c1cc5c(cc1-3)[Si](C)(C)CCC5)[Si](C)(C)CCC4)[Si](C)(C)CCC2. The Balaban J connectivity index is 1.11. The zero-order valence-corrected chi connectivity index (χ0v) is 50.9. The van der Waals surface area contributed by atoms with Crippen LogP contribution in [0.5, 0.6) is 0 Å². The van der Waals surface area contributed by atoms with Gasteiger partial charge >= 0.3 is 0 Å². The van der Waals surface area contributed by atoms with Gasteiger partial charge in [0.15, 0.2) is 0 Å². The molecule has 2 nitrogen and oxygen atoms in total. The van der Waals surface area contributed by atoms with Crippen molar-refractivity contribution in [3.63, 3.8) is 0 Å². The fourth-order valence-electron chi connectivity index (χ4n) is 16.5. The summed E-state index contributed by atoms with van der Waals surface area (Å²) >= 11 is 0. The summed E-state index contributed by atoms with van der Waals surface area (Å²) in [5, 5.41) is 12.1. The van der Waals surface area contributed by atoms with E-state index >= 15 is 0 Å². The minimum absolute atomic E-state index is 0.0441. The predicted octanol–water partition coefficient (Wildman–Crippen LogP) is 17.0. The zero-order valence-electron chi connectivity index (χ0n) is 46.9. The molecule has 76 heavy (non-hydrogen) atoms. The van der Waals surface area contributed by atoms with E-state index < -0.39 is 32.3 Å². The molecular formula is C70H74N2Si4. The topological polar surface area (TPSA) is 9.86 Å². The molecule has 0 unspecified atom stereocenters. The molecule has 10 aromatic rings. The third kappa shape index (κ3) is 6.72. The van der Waals surface area contributed by atoms with E-state index in [1.165, 1.54) is 163 Å². The van der Waals surface area contributed by atoms with Gasteiger partial charge in [0.2, 0.25) is 0 Å². The van der Waals surface area contributed by atoms with Gasteiger partial charge in [-0.25, -0.2) is 0 Å². The molecule has 2 aromatic heterocycles. The number of aryl methyl sites for hydroxylation is 3. The number of aromatic nitrogens is 2. The van der Waals surface area contributed by atoms with E-state index in [1.807, 2.05) is 0 Å². The minimum atomic E-state index is -2.10.